The summed E-state index contributed by atoms with van der Waals surface area (Å²) in [5.74, 6) is 0.509. The molecule has 0 aliphatic heterocycles. The van der Waals surface area contributed by atoms with Crippen LogP contribution in [-0.4, -0.2) is 11.6 Å². The molecule has 1 aromatic heterocycles. The lowest BCUT2D eigenvalue weighted by atomic mass is 10.2. The molecule has 0 saturated carbocycles. The van der Waals surface area contributed by atoms with Gasteiger partial charge in [0.1, 0.15) is 5.03 Å². The number of rotatable bonds is 4. The van der Waals surface area contributed by atoms with Gasteiger partial charge in [0, 0.05) is 4.90 Å². The van der Waals surface area contributed by atoms with Gasteiger partial charge in [0.05, 0.1) is 12.3 Å². The molecule has 1 heterocycles. The standard InChI is InChI=1S/C14H16N2OS/c1-3-17-14-12(15)7-8-13(16-14)18-11-6-4-5-10(2)9-11/h4-9H,3,15H2,1-2H3. The quantitative estimate of drug-likeness (QED) is 0.913. The largest absolute Gasteiger partial charge is 0.476 e. The molecule has 0 unspecified atom stereocenters. The third kappa shape index (κ3) is 3.17. The van der Waals surface area contributed by atoms with E-state index in [-0.39, 0.29) is 0 Å². The van der Waals surface area contributed by atoms with Crippen LogP contribution in [-0.2, 0) is 0 Å². The first-order valence-electron chi connectivity index (χ1n) is 5.83. The van der Waals surface area contributed by atoms with E-state index in [0.29, 0.717) is 18.2 Å². The van der Waals surface area contributed by atoms with Crippen molar-refractivity contribution in [3.05, 3.63) is 42.0 Å². The van der Waals surface area contributed by atoms with E-state index in [1.807, 2.05) is 25.1 Å². The lowest BCUT2D eigenvalue weighted by Crippen LogP contribution is -1.99. The highest BCUT2D eigenvalue weighted by atomic mass is 32.2. The van der Waals surface area contributed by atoms with Crippen LogP contribution in [0, 0.1) is 6.92 Å². The van der Waals surface area contributed by atoms with E-state index in [0.717, 1.165) is 9.92 Å². The number of nitrogens with two attached hydrogens (primary N) is 1. The first kappa shape index (κ1) is 12.8. The van der Waals surface area contributed by atoms with Crippen molar-refractivity contribution in [3.8, 4) is 5.88 Å². The van der Waals surface area contributed by atoms with Gasteiger partial charge in [-0.1, -0.05) is 29.5 Å². The number of ether oxygens (including phenoxy) is 1. The second kappa shape index (κ2) is 5.78. The van der Waals surface area contributed by atoms with Gasteiger partial charge in [0.15, 0.2) is 0 Å². The normalized spacial score (nSPS) is 10.3. The Bertz CT molecular complexity index is 543. The molecular weight excluding hydrogens is 244 g/mol. The van der Waals surface area contributed by atoms with E-state index in [1.165, 1.54) is 5.56 Å². The molecule has 0 aliphatic carbocycles. The molecule has 0 fully saturated rings. The zero-order valence-electron chi connectivity index (χ0n) is 10.5. The van der Waals surface area contributed by atoms with Crippen molar-refractivity contribution in [1.82, 2.24) is 4.98 Å². The Hall–Kier alpha value is -1.68. The van der Waals surface area contributed by atoms with Gasteiger partial charge in [-0.15, -0.1) is 0 Å². The van der Waals surface area contributed by atoms with Gasteiger partial charge in [-0.3, -0.25) is 0 Å². The number of nitrogen functional groups attached to an aromatic ring is 1. The number of anilines is 1. The maximum Gasteiger partial charge on any atom is 0.238 e. The van der Waals surface area contributed by atoms with Gasteiger partial charge in [0.2, 0.25) is 5.88 Å². The van der Waals surface area contributed by atoms with Crippen molar-refractivity contribution in [2.75, 3.05) is 12.3 Å². The lowest BCUT2D eigenvalue weighted by Gasteiger charge is -2.07. The highest BCUT2D eigenvalue weighted by Crippen LogP contribution is 2.30. The fourth-order valence-corrected chi connectivity index (χ4v) is 2.44. The van der Waals surface area contributed by atoms with Crippen LogP contribution >= 0.6 is 11.8 Å². The Labute approximate surface area is 111 Å². The minimum atomic E-state index is 0.509. The minimum Gasteiger partial charge on any atom is -0.476 e. The Morgan fingerprint density at radius 1 is 1.28 bits per heavy atom. The van der Waals surface area contributed by atoms with E-state index in [2.05, 4.69) is 30.1 Å². The molecule has 0 radical (unpaired) electrons. The Balaban J connectivity index is 2.21. The van der Waals surface area contributed by atoms with Crippen LogP contribution in [0.2, 0.25) is 0 Å². The van der Waals surface area contributed by atoms with Gasteiger partial charge < -0.3 is 10.5 Å². The Morgan fingerprint density at radius 3 is 2.83 bits per heavy atom. The zero-order valence-corrected chi connectivity index (χ0v) is 11.3. The van der Waals surface area contributed by atoms with Crippen molar-refractivity contribution in [3.63, 3.8) is 0 Å². The molecular formula is C14H16N2OS. The first-order valence-corrected chi connectivity index (χ1v) is 6.64. The van der Waals surface area contributed by atoms with Crippen LogP contribution in [0.25, 0.3) is 0 Å². The van der Waals surface area contributed by atoms with Crippen molar-refractivity contribution in [1.29, 1.82) is 0 Å². The third-order valence-electron chi connectivity index (χ3n) is 2.36. The highest BCUT2D eigenvalue weighted by molar-refractivity contribution is 7.99. The predicted molar refractivity (Wildman–Crippen MR) is 75.1 cm³/mol. The lowest BCUT2D eigenvalue weighted by molar-refractivity contribution is 0.326. The second-order valence-corrected chi connectivity index (χ2v) is 4.99. The molecule has 4 heteroatoms. The maximum absolute atomic E-state index is 5.80. The van der Waals surface area contributed by atoms with Gasteiger partial charge in [0.25, 0.3) is 0 Å². The summed E-state index contributed by atoms with van der Waals surface area (Å²) in [5, 5.41) is 0.887. The summed E-state index contributed by atoms with van der Waals surface area (Å²) >= 11 is 1.60. The fraction of sp³-hybridized carbons (Fsp3) is 0.214. The van der Waals surface area contributed by atoms with Crippen LogP contribution < -0.4 is 10.5 Å². The first-order chi connectivity index (χ1) is 8.69. The SMILES string of the molecule is CCOc1nc(Sc2cccc(C)c2)ccc1N. The number of nitrogens with zero attached hydrogens (tertiary/aromatic N) is 1. The summed E-state index contributed by atoms with van der Waals surface area (Å²) in [5.41, 5.74) is 7.61. The smallest absolute Gasteiger partial charge is 0.238 e. The van der Waals surface area contributed by atoms with E-state index < -0.39 is 0 Å². The molecule has 3 nitrogen and oxygen atoms in total. The molecule has 0 aliphatic rings. The van der Waals surface area contributed by atoms with E-state index in [1.54, 1.807) is 11.8 Å². The van der Waals surface area contributed by atoms with Crippen LogP contribution in [0.15, 0.2) is 46.3 Å². The summed E-state index contributed by atoms with van der Waals surface area (Å²) in [4.78, 5) is 5.56. The van der Waals surface area contributed by atoms with Crippen LogP contribution in [0.3, 0.4) is 0 Å². The number of hydrogen-bond donors (Lipinski definition) is 1. The molecule has 0 bridgehead atoms. The van der Waals surface area contributed by atoms with Crippen LogP contribution in [0.1, 0.15) is 12.5 Å². The number of pyridine rings is 1. The van der Waals surface area contributed by atoms with Gasteiger partial charge in [-0.2, -0.15) is 0 Å². The number of benzene rings is 1. The Kier molecular flexibility index (Phi) is 4.10. The number of aryl methyl sites for hydroxylation is 1. The average Bonchev–Trinajstić information content (AvgIpc) is 2.34. The highest BCUT2D eigenvalue weighted by Gasteiger charge is 2.05. The molecule has 2 rings (SSSR count). The molecule has 0 saturated heterocycles. The maximum atomic E-state index is 5.80. The third-order valence-corrected chi connectivity index (χ3v) is 3.28. The summed E-state index contributed by atoms with van der Waals surface area (Å²) in [6.45, 7) is 4.56. The topological polar surface area (TPSA) is 48.1 Å². The van der Waals surface area contributed by atoms with Gasteiger partial charge in [-0.25, -0.2) is 4.98 Å². The van der Waals surface area contributed by atoms with E-state index in [9.17, 15) is 0 Å². The summed E-state index contributed by atoms with van der Waals surface area (Å²) in [6, 6.07) is 12.0. The molecule has 2 aromatic rings. The van der Waals surface area contributed by atoms with Gasteiger partial charge in [-0.05, 0) is 38.1 Å². The molecule has 18 heavy (non-hydrogen) atoms. The molecule has 1 aromatic carbocycles. The van der Waals surface area contributed by atoms with Crippen LogP contribution in [0.4, 0.5) is 5.69 Å². The average molecular weight is 260 g/mol. The predicted octanol–water partition coefficient (Wildman–Crippen LogP) is 3.52. The summed E-state index contributed by atoms with van der Waals surface area (Å²) in [7, 11) is 0. The second-order valence-electron chi connectivity index (χ2n) is 3.90. The summed E-state index contributed by atoms with van der Waals surface area (Å²) < 4.78 is 5.39. The fourth-order valence-electron chi connectivity index (χ4n) is 1.54. The Morgan fingerprint density at radius 2 is 2.11 bits per heavy atom. The molecule has 94 valence electrons. The van der Waals surface area contributed by atoms with Crippen molar-refractivity contribution in [2.45, 2.75) is 23.8 Å². The van der Waals surface area contributed by atoms with E-state index >= 15 is 0 Å². The molecule has 0 spiro atoms. The minimum absolute atomic E-state index is 0.509. The van der Waals surface area contributed by atoms with Crippen LogP contribution in [0.5, 0.6) is 5.88 Å². The van der Waals surface area contributed by atoms with E-state index in [4.69, 9.17) is 10.5 Å². The number of aromatic nitrogens is 1. The summed E-state index contributed by atoms with van der Waals surface area (Å²) in [6.07, 6.45) is 0. The van der Waals surface area contributed by atoms with Gasteiger partial charge >= 0.3 is 0 Å². The van der Waals surface area contributed by atoms with Crippen molar-refractivity contribution >= 4 is 17.4 Å². The molecule has 0 amide bonds. The zero-order chi connectivity index (χ0) is 13.0. The van der Waals surface area contributed by atoms with Crippen molar-refractivity contribution in [2.24, 2.45) is 0 Å². The monoisotopic (exact) mass is 260 g/mol. The number of hydrogen-bond acceptors (Lipinski definition) is 4. The molecule has 0 atom stereocenters. The van der Waals surface area contributed by atoms with Crippen molar-refractivity contribution < 1.29 is 4.74 Å². The molecule has 2 N–H and O–H groups in total.